The molecule has 0 atom stereocenters. The number of thiocarbonyl (C=S) groups is 1. The molecular formula is C9H9ClN2S. The molecule has 68 valence electrons. The van der Waals surface area contributed by atoms with Crippen molar-refractivity contribution >= 4 is 40.5 Å². The first-order valence-corrected chi connectivity index (χ1v) is 4.06. The number of halogens is 1. The number of nitrogens with one attached hydrogen (secondary N) is 1. The van der Waals surface area contributed by atoms with Gasteiger partial charge in [0.1, 0.15) is 4.99 Å². The van der Waals surface area contributed by atoms with E-state index in [0.717, 1.165) is 16.5 Å². The minimum Gasteiger partial charge on any atom is -0.389 e. The lowest BCUT2D eigenvalue weighted by molar-refractivity contribution is 1.47. The van der Waals surface area contributed by atoms with E-state index in [1.54, 1.807) is 0 Å². The van der Waals surface area contributed by atoms with Crippen LogP contribution in [0.4, 0.5) is 0 Å². The maximum Gasteiger partial charge on any atom is 0.106 e. The fourth-order valence-electron chi connectivity index (χ4n) is 1.28. The van der Waals surface area contributed by atoms with Crippen LogP contribution >= 0.6 is 24.6 Å². The summed E-state index contributed by atoms with van der Waals surface area (Å²) in [6.45, 7) is 0. The molecule has 0 bridgehead atoms. The summed E-state index contributed by atoms with van der Waals surface area (Å²) in [5, 5.41) is 1.09. The highest BCUT2D eigenvalue weighted by Gasteiger charge is 2.03. The molecule has 0 aliphatic rings. The molecule has 0 fully saturated rings. The number of fused-ring (bicyclic) bond motifs is 1. The van der Waals surface area contributed by atoms with Crippen LogP contribution in [-0.4, -0.2) is 9.97 Å². The molecule has 1 aromatic heterocycles. The molecule has 2 rings (SSSR count). The van der Waals surface area contributed by atoms with Crippen molar-refractivity contribution < 1.29 is 0 Å². The molecule has 1 heterocycles. The van der Waals surface area contributed by atoms with Crippen LogP contribution in [0.2, 0.25) is 0 Å². The maximum atomic E-state index is 5.54. The Labute approximate surface area is 87.5 Å². The number of nitrogens with two attached hydrogens (primary N) is 1. The summed E-state index contributed by atoms with van der Waals surface area (Å²) >= 11 is 4.90. The van der Waals surface area contributed by atoms with Gasteiger partial charge >= 0.3 is 0 Å². The Morgan fingerprint density at radius 1 is 1.31 bits per heavy atom. The Kier molecular flexibility index (Phi) is 2.90. The van der Waals surface area contributed by atoms with E-state index in [9.17, 15) is 0 Å². The van der Waals surface area contributed by atoms with Crippen LogP contribution in [0.25, 0.3) is 10.9 Å². The average molecular weight is 213 g/mol. The fourth-order valence-corrected chi connectivity index (χ4v) is 1.44. The molecule has 0 aliphatic heterocycles. The van der Waals surface area contributed by atoms with Crippen molar-refractivity contribution in [3.63, 3.8) is 0 Å². The van der Waals surface area contributed by atoms with Gasteiger partial charge in [0, 0.05) is 22.7 Å². The molecular weight excluding hydrogens is 204 g/mol. The second-order valence-electron chi connectivity index (χ2n) is 2.61. The third-order valence-electron chi connectivity index (χ3n) is 1.85. The molecule has 0 aliphatic carbocycles. The lowest BCUT2D eigenvalue weighted by Crippen LogP contribution is -2.08. The van der Waals surface area contributed by atoms with Crippen molar-refractivity contribution in [3.8, 4) is 0 Å². The number of rotatable bonds is 1. The largest absolute Gasteiger partial charge is 0.389 e. The van der Waals surface area contributed by atoms with Gasteiger partial charge < -0.3 is 10.7 Å². The molecule has 0 unspecified atom stereocenters. The van der Waals surface area contributed by atoms with Gasteiger partial charge in [-0.25, -0.2) is 0 Å². The molecule has 0 amide bonds. The summed E-state index contributed by atoms with van der Waals surface area (Å²) in [5.74, 6) is 0. The molecule has 2 aromatic rings. The zero-order valence-electron chi connectivity index (χ0n) is 6.78. The standard InChI is InChI=1S/C9H8N2S.ClH/c10-9(12)7-5-11-8-4-2-1-3-6(7)8;/h1-5,11H,(H2,10,12);1H. The number of hydrogen-bond donors (Lipinski definition) is 2. The maximum absolute atomic E-state index is 5.54. The molecule has 0 saturated heterocycles. The van der Waals surface area contributed by atoms with Crippen LogP contribution in [0.15, 0.2) is 30.5 Å². The Morgan fingerprint density at radius 3 is 2.69 bits per heavy atom. The van der Waals surface area contributed by atoms with E-state index in [2.05, 4.69) is 4.98 Å². The quantitative estimate of drug-likeness (QED) is 0.712. The van der Waals surface area contributed by atoms with Crippen LogP contribution in [0, 0.1) is 0 Å². The van der Waals surface area contributed by atoms with E-state index in [-0.39, 0.29) is 12.4 Å². The molecule has 3 N–H and O–H groups in total. The molecule has 0 saturated carbocycles. The van der Waals surface area contributed by atoms with E-state index in [1.807, 2.05) is 30.5 Å². The third-order valence-corrected chi connectivity index (χ3v) is 2.07. The van der Waals surface area contributed by atoms with Crippen LogP contribution in [0.5, 0.6) is 0 Å². The number of hydrogen-bond acceptors (Lipinski definition) is 1. The van der Waals surface area contributed by atoms with Crippen LogP contribution < -0.4 is 5.73 Å². The molecule has 1 aromatic carbocycles. The van der Waals surface area contributed by atoms with Gasteiger partial charge in [0.05, 0.1) is 0 Å². The van der Waals surface area contributed by atoms with Crippen molar-refractivity contribution in [2.24, 2.45) is 5.73 Å². The second-order valence-corrected chi connectivity index (χ2v) is 3.05. The van der Waals surface area contributed by atoms with Gasteiger partial charge in [-0.05, 0) is 6.07 Å². The minimum atomic E-state index is 0. The van der Waals surface area contributed by atoms with Gasteiger partial charge in [0.25, 0.3) is 0 Å². The Bertz CT molecular complexity index is 436. The summed E-state index contributed by atoms with van der Waals surface area (Å²) in [7, 11) is 0. The number of benzene rings is 1. The summed E-state index contributed by atoms with van der Waals surface area (Å²) in [5.41, 5.74) is 7.52. The minimum absolute atomic E-state index is 0. The highest BCUT2D eigenvalue weighted by atomic mass is 35.5. The molecule has 0 spiro atoms. The number of aromatic amines is 1. The van der Waals surface area contributed by atoms with E-state index < -0.39 is 0 Å². The predicted molar refractivity (Wildman–Crippen MR) is 61.4 cm³/mol. The van der Waals surface area contributed by atoms with Gasteiger partial charge in [-0.15, -0.1) is 12.4 Å². The first-order valence-electron chi connectivity index (χ1n) is 3.65. The van der Waals surface area contributed by atoms with E-state index in [4.69, 9.17) is 18.0 Å². The highest BCUT2D eigenvalue weighted by molar-refractivity contribution is 7.80. The normalized spacial score (nSPS) is 9.54. The Hall–Kier alpha value is -1.06. The molecule has 0 radical (unpaired) electrons. The lowest BCUT2D eigenvalue weighted by atomic mass is 10.2. The van der Waals surface area contributed by atoms with E-state index in [1.165, 1.54) is 0 Å². The van der Waals surface area contributed by atoms with Crippen molar-refractivity contribution in [3.05, 3.63) is 36.0 Å². The van der Waals surface area contributed by atoms with Crippen LogP contribution in [-0.2, 0) is 0 Å². The Morgan fingerprint density at radius 2 is 2.00 bits per heavy atom. The monoisotopic (exact) mass is 212 g/mol. The van der Waals surface area contributed by atoms with Gasteiger partial charge in [0.2, 0.25) is 0 Å². The lowest BCUT2D eigenvalue weighted by Gasteiger charge is -1.92. The second kappa shape index (κ2) is 3.77. The summed E-state index contributed by atoms with van der Waals surface area (Å²) < 4.78 is 0. The summed E-state index contributed by atoms with van der Waals surface area (Å²) in [4.78, 5) is 3.54. The van der Waals surface area contributed by atoms with Gasteiger partial charge in [0.15, 0.2) is 0 Å². The van der Waals surface area contributed by atoms with E-state index >= 15 is 0 Å². The van der Waals surface area contributed by atoms with Crippen molar-refractivity contribution in [2.45, 2.75) is 0 Å². The van der Waals surface area contributed by atoms with Crippen LogP contribution in [0.1, 0.15) is 5.56 Å². The predicted octanol–water partition coefficient (Wildman–Crippen LogP) is 2.22. The van der Waals surface area contributed by atoms with Gasteiger partial charge in [-0.3, -0.25) is 0 Å². The molecule has 4 heteroatoms. The van der Waals surface area contributed by atoms with Gasteiger partial charge in [-0.1, -0.05) is 30.4 Å². The molecule has 2 nitrogen and oxygen atoms in total. The first kappa shape index (κ1) is 10.0. The zero-order chi connectivity index (χ0) is 8.55. The topological polar surface area (TPSA) is 41.8 Å². The van der Waals surface area contributed by atoms with Crippen molar-refractivity contribution in [1.82, 2.24) is 4.98 Å². The van der Waals surface area contributed by atoms with E-state index in [0.29, 0.717) is 4.99 Å². The van der Waals surface area contributed by atoms with Crippen molar-refractivity contribution in [1.29, 1.82) is 0 Å². The van der Waals surface area contributed by atoms with Gasteiger partial charge in [-0.2, -0.15) is 0 Å². The SMILES string of the molecule is Cl.NC(=S)c1c[nH]c2ccccc12. The fraction of sp³-hybridized carbons (Fsp3) is 0. The van der Waals surface area contributed by atoms with Crippen LogP contribution in [0.3, 0.4) is 0 Å². The van der Waals surface area contributed by atoms with Crippen molar-refractivity contribution in [2.75, 3.05) is 0 Å². The highest BCUT2D eigenvalue weighted by Crippen LogP contribution is 2.16. The summed E-state index contributed by atoms with van der Waals surface area (Å²) in [6, 6.07) is 7.94. The number of H-pyrrole nitrogens is 1. The molecule has 13 heavy (non-hydrogen) atoms. The summed E-state index contributed by atoms with van der Waals surface area (Å²) in [6.07, 6.45) is 1.84. The number of para-hydroxylation sites is 1. The average Bonchev–Trinajstić information content (AvgIpc) is 2.47. The smallest absolute Gasteiger partial charge is 0.106 e. The Balaban J connectivity index is 0.000000845. The first-order chi connectivity index (χ1) is 5.79. The third kappa shape index (κ3) is 1.66. The zero-order valence-corrected chi connectivity index (χ0v) is 8.41. The number of aromatic nitrogens is 1.